The number of nitrogens with zero attached hydrogens (tertiary/aromatic N) is 3. The number of hydrogen-bond donors (Lipinski definition) is 0. The summed E-state index contributed by atoms with van der Waals surface area (Å²) in [6, 6.07) is 11.3. The maximum absolute atomic E-state index is 5.95. The molecule has 1 fully saturated rings. The van der Waals surface area contributed by atoms with Crippen molar-refractivity contribution in [1.29, 1.82) is 0 Å². The van der Waals surface area contributed by atoms with E-state index in [1.54, 1.807) is 6.20 Å². The molecule has 112 valence electrons. The lowest BCUT2D eigenvalue weighted by atomic mass is 9.95. The molecule has 1 aliphatic heterocycles. The molecule has 1 aromatic carbocycles. The lowest BCUT2D eigenvalue weighted by Gasteiger charge is -2.36. The second-order valence-electron chi connectivity index (χ2n) is 5.49. The maximum atomic E-state index is 5.95. The van der Waals surface area contributed by atoms with Crippen LogP contribution in [0.2, 0.25) is 10.2 Å². The van der Waals surface area contributed by atoms with E-state index in [1.807, 2.05) is 4.68 Å². The molecule has 2 aromatic rings. The second kappa shape index (κ2) is 6.82. The fourth-order valence-corrected chi connectivity index (χ4v) is 3.33. The zero-order valence-electron chi connectivity index (χ0n) is 11.9. The van der Waals surface area contributed by atoms with E-state index in [-0.39, 0.29) is 0 Å². The van der Waals surface area contributed by atoms with Crippen molar-refractivity contribution in [3.05, 3.63) is 52.3 Å². The van der Waals surface area contributed by atoms with Gasteiger partial charge in [0.15, 0.2) is 5.15 Å². The van der Waals surface area contributed by atoms with Crippen LogP contribution in [-0.4, -0.2) is 27.8 Å². The van der Waals surface area contributed by atoms with Crippen molar-refractivity contribution in [1.82, 2.24) is 14.7 Å². The molecule has 1 saturated heterocycles. The van der Waals surface area contributed by atoms with Crippen molar-refractivity contribution < 1.29 is 0 Å². The van der Waals surface area contributed by atoms with Crippen LogP contribution in [0.5, 0.6) is 0 Å². The Labute approximate surface area is 135 Å². The van der Waals surface area contributed by atoms with E-state index >= 15 is 0 Å². The molecule has 0 spiro atoms. The topological polar surface area (TPSA) is 21.1 Å². The van der Waals surface area contributed by atoms with Crippen LogP contribution in [0, 0.1) is 0 Å². The quantitative estimate of drug-likeness (QED) is 0.830. The first-order valence-corrected chi connectivity index (χ1v) is 8.17. The zero-order valence-corrected chi connectivity index (χ0v) is 13.4. The Balaban J connectivity index is 1.67. The SMILES string of the molecule is Clc1cn(CCN2CCCCC2c2ccccc2)nc1Cl. The van der Waals surface area contributed by atoms with Gasteiger partial charge < -0.3 is 0 Å². The maximum Gasteiger partial charge on any atom is 0.169 e. The average Bonchev–Trinajstić information content (AvgIpc) is 2.85. The molecule has 0 N–H and O–H groups in total. The Morgan fingerprint density at radius 2 is 1.90 bits per heavy atom. The Morgan fingerprint density at radius 3 is 2.62 bits per heavy atom. The largest absolute Gasteiger partial charge is 0.294 e. The highest BCUT2D eigenvalue weighted by Crippen LogP contribution is 2.30. The third kappa shape index (κ3) is 3.60. The Bertz CT molecular complexity index is 563. The molecule has 1 unspecified atom stereocenters. The second-order valence-corrected chi connectivity index (χ2v) is 6.25. The summed E-state index contributed by atoms with van der Waals surface area (Å²) in [4.78, 5) is 2.54. The third-order valence-electron chi connectivity index (χ3n) is 4.09. The van der Waals surface area contributed by atoms with Gasteiger partial charge in [0.1, 0.15) is 0 Å². The van der Waals surface area contributed by atoms with Gasteiger partial charge in [-0.05, 0) is 24.9 Å². The summed E-state index contributed by atoms with van der Waals surface area (Å²) in [6.07, 6.45) is 5.59. The number of piperidine rings is 1. The fraction of sp³-hybridized carbons (Fsp3) is 0.438. The molecule has 0 aliphatic carbocycles. The van der Waals surface area contributed by atoms with Gasteiger partial charge in [0, 0.05) is 18.8 Å². The van der Waals surface area contributed by atoms with E-state index in [0.717, 1.165) is 19.6 Å². The molecule has 21 heavy (non-hydrogen) atoms. The first-order chi connectivity index (χ1) is 10.2. The smallest absolute Gasteiger partial charge is 0.169 e. The standard InChI is InChI=1S/C16H19Cl2N3/c17-14-12-21(19-16(14)18)11-10-20-9-5-4-8-15(20)13-6-2-1-3-7-13/h1-3,6-7,12,15H,4-5,8-11H2. The van der Waals surface area contributed by atoms with Gasteiger partial charge in [0.2, 0.25) is 0 Å². The van der Waals surface area contributed by atoms with Crippen LogP contribution in [0.4, 0.5) is 0 Å². The highest BCUT2D eigenvalue weighted by molar-refractivity contribution is 6.41. The van der Waals surface area contributed by atoms with Gasteiger partial charge in [-0.1, -0.05) is 60.0 Å². The van der Waals surface area contributed by atoms with Gasteiger partial charge in [0.05, 0.1) is 11.6 Å². The van der Waals surface area contributed by atoms with Crippen molar-refractivity contribution >= 4 is 23.2 Å². The minimum Gasteiger partial charge on any atom is -0.294 e. The molecule has 3 rings (SSSR count). The summed E-state index contributed by atoms with van der Waals surface area (Å²) >= 11 is 11.8. The van der Waals surface area contributed by atoms with E-state index in [0.29, 0.717) is 16.2 Å². The first kappa shape index (κ1) is 14.9. The highest BCUT2D eigenvalue weighted by atomic mass is 35.5. The van der Waals surface area contributed by atoms with Crippen molar-refractivity contribution in [3.63, 3.8) is 0 Å². The lowest BCUT2D eigenvalue weighted by Crippen LogP contribution is -2.35. The van der Waals surface area contributed by atoms with Gasteiger partial charge in [-0.2, -0.15) is 5.10 Å². The molecule has 2 heterocycles. The van der Waals surface area contributed by atoms with Gasteiger partial charge in [0.25, 0.3) is 0 Å². The van der Waals surface area contributed by atoms with E-state index in [1.165, 1.54) is 24.8 Å². The van der Waals surface area contributed by atoms with Crippen molar-refractivity contribution in [2.75, 3.05) is 13.1 Å². The normalized spacial score (nSPS) is 19.8. The molecule has 1 atom stereocenters. The first-order valence-electron chi connectivity index (χ1n) is 7.41. The molecule has 1 aliphatic rings. The lowest BCUT2D eigenvalue weighted by molar-refractivity contribution is 0.141. The Kier molecular flexibility index (Phi) is 4.84. The van der Waals surface area contributed by atoms with Crippen LogP contribution in [0.15, 0.2) is 36.5 Å². The minimum absolute atomic E-state index is 0.384. The summed E-state index contributed by atoms with van der Waals surface area (Å²) in [5.74, 6) is 0. The molecular weight excluding hydrogens is 305 g/mol. The monoisotopic (exact) mass is 323 g/mol. The summed E-state index contributed by atoms with van der Waals surface area (Å²) in [7, 11) is 0. The molecule has 0 saturated carbocycles. The number of hydrogen-bond acceptors (Lipinski definition) is 2. The van der Waals surface area contributed by atoms with Gasteiger partial charge in [-0.25, -0.2) is 0 Å². The predicted molar refractivity (Wildman–Crippen MR) is 86.9 cm³/mol. The van der Waals surface area contributed by atoms with Gasteiger partial charge in [-0.3, -0.25) is 9.58 Å². The number of aromatic nitrogens is 2. The van der Waals surface area contributed by atoms with Crippen LogP contribution >= 0.6 is 23.2 Å². The number of benzene rings is 1. The summed E-state index contributed by atoms with van der Waals surface area (Å²) < 4.78 is 1.83. The predicted octanol–water partition coefficient (Wildman–Crippen LogP) is 4.42. The van der Waals surface area contributed by atoms with E-state index < -0.39 is 0 Å². The van der Waals surface area contributed by atoms with Gasteiger partial charge >= 0.3 is 0 Å². The summed E-state index contributed by atoms with van der Waals surface area (Å²) in [5, 5.41) is 5.12. The van der Waals surface area contributed by atoms with Crippen molar-refractivity contribution in [2.24, 2.45) is 0 Å². The number of halogens is 2. The van der Waals surface area contributed by atoms with Crippen LogP contribution in [0.3, 0.4) is 0 Å². The van der Waals surface area contributed by atoms with Crippen LogP contribution in [0.1, 0.15) is 30.9 Å². The van der Waals surface area contributed by atoms with Crippen LogP contribution in [0.25, 0.3) is 0 Å². The molecule has 1 aromatic heterocycles. The molecule has 0 amide bonds. The molecule has 0 radical (unpaired) electrons. The molecule has 0 bridgehead atoms. The zero-order chi connectivity index (χ0) is 14.7. The average molecular weight is 324 g/mol. The summed E-state index contributed by atoms with van der Waals surface area (Å²) in [5.41, 5.74) is 1.41. The van der Waals surface area contributed by atoms with Crippen LogP contribution in [-0.2, 0) is 6.54 Å². The Hall–Kier alpha value is -1.03. The van der Waals surface area contributed by atoms with Crippen LogP contribution < -0.4 is 0 Å². The molecule has 5 heteroatoms. The summed E-state index contributed by atoms with van der Waals surface area (Å²) in [6.45, 7) is 2.92. The molecular formula is C16H19Cl2N3. The Morgan fingerprint density at radius 1 is 1.10 bits per heavy atom. The van der Waals surface area contributed by atoms with E-state index in [2.05, 4.69) is 40.3 Å². The highest BCUT2D eigenvalue weighted by Gasteiger charge is 2.23. The van der Waals surface area contributed by atoms with Crippen molar-refractivity contribution in [2.45, 2.75) is 31.8 Å². The fourth-order valence-electron chi connectivity index (χ4n) is 3.03. The van der Waals surface area contributed by atoms with E-state index in [9.17, 15) is 0 Å². The van der Waals surface area contributed by atoms with E-state index in [4.69, 9.17) is 23.2 Å². The number of likely N-dealkylation sites (tertiary alicyclic amines) is 1. The molecule has 3 nitrogen and oxygen atoms in total. The third-order valence-corrected chi connectivity index (χ3v) is 4.74. The number of rotatable bonds is 4. The van der Waals surface area contributed by atoms with Crippen molar-refractivity contribution in [3.8, 4) is 0 Å². The minimum atomic E-state index is 0.384. The van der Waals surface area contributed by atoms with Gasteiger partial charge in [-0.15, -0.1) is 0 Å².